The molecule has 106 valence electrons. The van der Waals surface area contributed by atoms with E-state index in [1.54, 1.807) is 48.8 Å². The smallest absolute Gasteiger partial charge is 0.184 e. The Morgan fingerprint density at radius 1 is 1.24 bits per heavy atom. The molecule has 1 atom stereocenters. The molecular weight excluding hydrogens is 264 g/mol. The molecule has 0 N–H and O–H groups in total. The number of hydrogen-bond donors (Lipinski definition) is 0. The van der Waals surface area contributed by atoms with Crippen molar-refractivity contribution < 1.29 is 9.53 Å². The molecule has 1 aromatic carbocycles. The molecule has 2 rings (SSSR count). The van der Waals surface area contributed by atoms with Crippen LogP contribution in [0, 0.1) is 11.3 Å². The highest BCUT2D eigenvalue weighted by Crippen LogP contribution is 2.23. The first-order chi connectivity index (χ1) is 10.1. The number of pyridine rings is 1. The molecule has 1 heterocycles. The van der Waals surface area contributed by atoms with Gasteiger partial charge in [-0.1, -0.05) is 12.1 Å². The van der Waals surface area contributed by atoms with Gasteiger partial charge in [0.25, 0.3) is 0 Å². The average molecular weight is 280 g/mol. The monoisotopic (exact) mass is 280 g/mol. The van der Waals surface area contributed by atoms with Crippen LogP contribution in [0.3, 0.4) is 0 Å². The molecule has 4 nitrogen and oxygen atoms in total. The van der Waals surface area contributed by atoms with Crippen molar-refractivity contribution in [2.24, 2.45) is 0 Å². The van der Waals surface area contributed by atoms with Crippen LogP contribution in [-0.4, -0.2) is 16.9 Å². The van der Waals surface area contributed by atoms with E-state index in [1.165, 1.54) is 0 Å². The highest BCUT2D eigenvalue weighted by atomic mass is 16.5. The van der Waals surface area contributed by atoms with E-state index in [0.717, 1.165) is 0 Å². The molecule has 0 aliphatic heterocycles. The first-order valence-corrected chi connectivity index (χ1v) is 6.72. The van der Waals surface area contributed by atoms with Crippen LogP contribution in [-0.2, 0) is 0 Å². The Morgan fingerprint density at radius 2 is 1.95 bits per heavy atom. The van der Waals surface area contributed by atoms with E-state index >= 15 is 0 Å². The molecule has 0 bridgehead atoms. The van der Waals surface area contributed by atoms with Gasteiger partial charge in [-0.15, -0.1) is 0 Å². The summed E-state index contributed by atoms with van der Waals surface area (Å²) in [5.74, 6) is -0.442. The number of nitrogens with zero attached hydrogens (tertiary/aromatic N) is 2. The van der Waals surface area contributed by atoms with Gasteiger partial charge >= 0.3 is 0 Å². The van der Waals surface area contributed by atoms with Crippen LogP contribution in [0.15, 0.2) is 48.8 Å². The van der Waals surface area contributed by atoms with Gasteiger partial charge in [0, 0.05) is 18.0 Å². The fourth-order valence-electron chi connectivity index (χ4n) is 2.00. The third-order valence-corrected chi connectivity index (χ3v) is 2.92. The summed E-state index contributed by atoms with van der Waals surface area (Å²) in [5.41, 5.74) is 1.11. The molecule has 0 aliphatic carbocycles. The van der Waals surface area contributed by atoms with Gasteiger partial charge < -0.3 is 4.74 Å². The molecule has 0 saturated carbocycles. The highest BCUT2D eigenvalue weighted by Gasteiger charge is 2.22. The van der Waals surface area contributed by atoms with E-state index in [9.17, 15) is 10.1 Å². The maximum atomic E-state index is 12.5. The van der Waals surface area contributed by atoms with Gasteiger partial charge in [0.2, 0.25) is 0 Å². The number of nitriles is 1. The van der Waals surface area contributed by atoms with E-state index < -0.39 is 5.92 Å². The molecule has 4 heteroatoms. The van der Waals surface area contributed by atoms with Crippen LogP contribution >= 0.6 is 0 Å². The molecule has 2 aromatic rings. The van der Waals surface area contributed by atoms with Crippen LogP contribution in [0.25, 0.3) is 0 Å². The van der Waals surface area contributed by atoms with Crippen LogP contribution in [0.2, 0.25) is 0 Å². The number of rotatable bonds is 5. The van der Waals surface area contributed by atoms with Crippen molar-refractivity contribution in [3.05, 3.63) is 59.9 Å². The van der Waals surface area contributed by atoms with Crippen LogP contribution in [0.4, 0.5) is 0 Å². The van der Waals surface area contributed by atoms with Crippen molar-refractivity contribution in [2.45, 2.75) is 25.9 Å². The predicted octanol–water partition coefficient (Wildman–Crippen LogP) is 3.36. The largest absolute Gasteiger partial charge is 0.491 e. The summed E-state index contributed by atoms with van der Waals surface area (Å²) >= 11 is 0. The number of Topliss-reactive ketones (excluding diaryl/α,β-unsaturated/α-hetero) is 1. The van der Waals surface area contributed by atoms with Crippen LogP contribution in [0.5, 0.6) is 5.75 Å². The third kappa shape index (κ3) is 3.67. The number of ketones is 1. The van der Waals surface area contributed by atoms with Gasteiger partial charge in [-0.25, -0.2) is 0 Å². The normalized spacial score (nSPS) is 11.7. The van der Waals surface area contributed by atoms with Crippen molar-refractivity contribution in [2.75, 3.05) is 0 Å². The zero-order valence-electron chi connectivity index (χ0n) is 12.0. The third-order valence-electron chi connectivity index (χ3n) is 2.92. The van der Waals surface area contributed by atoms with Crippen molar-refractivity contribution in [1.29, 1.82) is 5.26 Å². The number of benzene rings is 1. The summed E-state index contributed by atoms with van der Waals surface area (Å²) < 4.78 is 5.58. The number of ether oxygens (including phenoxy) is 1. The van der Waals surface area contributed by atoms with Crippen molar-refractivity contribution in [3.63, 3.8) is 0 Å². The lowest BCUT2D eigenvalue weighted by molar-refractivity contribution is 0.0978. The molecule has 0 fully saturated rings. The second-order valence-corrected chi connectivity index (χ2v) is 4.90. The number of carbonyl (C=O) groups is 1. The van der Waals surface area contributed by atoms with Crippen molar-refractivity contribution >= 4 is 5.78 Å². The van der Waals surface area contributed by atoms with Gasteiger partial charge in [0.1, 0.15) is 11.7 Å². The first kappa shape index (κ1) is 14.7. The number of aromatic nitrogens is 1. The second-order valence-electron chi connectivity index (χ2n) is 4.90. The Kier molecular flexibility index (Phi) is 4.68. The quantitative estimate of drug-likeness (QED) is 0.788. The minimum atomic E-state index is -0.831. The minimum Gasteiger partial charge on any atom is -0.491 e. The van der Waals surface area contributed by atoms with E-state index in [0.29, 0.717) is 16.9 Å². The van der Waals surface area contributed by atoms with E-state index in [4.69, 9.17) is 4.74 Å². The van der Waals surface area contributed by atoms with Gasteiger partial charge in [0.15, 0.2) is 5.78 Å². The zero-order valence-corrected chi connectivity index (χ0v) is 12.0. The van der Waals surface area contributed by atoms with E-state index in [1.807, 2.05) is 13.8 Å². The summed E-state index contributed by atoms with van der Waals surface area (Å²) in [6, 6.07) is 12.3. The Hall–Kier alpha value is -2.67. The molecule has 0 radical (unpaired) electrons. The first-order valence-electron chi connectivity index (χ1n) is 6.72. The summed E-state index contributed by atoms with van der Waals surface area (Å²) in [6.07, 6.45) is 3.18. The fourth-order valence-corrected chi connectivity index (χ4v) is 2.00. The number of carbonyl (C=O) groups excluding carboxylic acids is 1. The lowest BCUT2D eigenvalue weighted by Crippen LogP contribution is -2.12. The molecule has 0 aliphatic rings. The Morgan fingerprint density at radius 3 is 2.57 bits per heavy atom. The van der Waals surface area contributed by atoms with E-state index in [2.05, 4.69) is 11.1 Å². The SMILES string of the molecule is CC(C)Oc1cccc(C(=O)C(C#N)c2ccncc2)c1. The average Bonchev–Trinajstić information content (AvgIpc) is 2.48. The number of hydrogen-bond acceptors (Lipinski definition) is 4. The highest BCUT2D eigenvalue weighted by molar-refractivity contribution is 6.03. The standard InChI is InChI=1S/C17H16N2O2/c1-12(2)21-15-5-3-4-14(10-15)17(20)16(11-18)13-6-8-19-9-7-13/h3-10,12,16H,1-2H3. The molecule has 1 aromatic heterocycles. The maximum Gasteiger partial charge on any atom is 0.184 e. The van der Waals surface area contributed by atoms with Crippen LogP contribution < -0.4 is 4.74 Å². The lowest BCUT2D eigenvalue weighted by atomic mass is 9.92. The van der Waals surface area contributed by atoms with Gasteiger partial charge in [-0.05, 0) is 43.7 Å². The van der Waals surface area contributed by atoms with Crippen molar-refractivity contribution in [3.8, 4) is 11.8 Å². The molecule has 0 saturated heterocycles. The van der Waals surface area contributed by atoms with E-state index in [-0.39, 0.29) is 11.9 Å². The minimum absolute atomic E-state index is 0.0299. The molecule has 1 unspecified atom stereocenters. The summed E-state index contributed by atoms with van der Waals surface area (Å²) in [5, 5.41) is 9.30. The summed E-state index contributed by atoms with van der Waals surface area (Å²) in [4.78, 5) is 16.4. The Balaban J connectivity index is 2.29. The molecule has 0 amide bonds. The zero-order chi connectivity index (χ0) is 15.2. The molecular formula is C17H16N2O2. The lowest BCUT2D eigenvalue weighted by Gasteiger charge is -2.12. The topological polar surface area (TPSA) is 63.0 Å². The second kappa shape index (κ2) is 6.67. The van der Waals surface area contributed by atoms with Gasteiger partial charge in [0.05, 0.1) is 12.2 Å². The molecule has 21 heavy (non-hydrogen) atoms. The van der Waals surface area contributed by atoms with Crippen LogP contribution in [0.1, 0.15) is 35.7 Å². The maximum absolute atomic E-state index is 12.5. The predicted molar refractivity (Wildman–Crippen MR) is 79.1 cm³/mol. The Bertz CT molecular complexity index is 660. The summed E-state index contributed by atoms with van der Waals surface area (Å²) in [7, 11) is 0. The fraction of sp³-hybridized carbons (Fsp3) is 0.235. The van der Waals surface area contributed by atoms with Gasteiger partial charge in [-0.2, -0.15) is 5.26 Å². The Labute approximate surface area is 124 Å². The van der Waals surface area contributed by atoms with Gasteiger partial charge in [-0.3, -0.25) is 9.78 Å². The van der Waals surface area contributed by atoms with Crippen molar-refractivity contribution in [1.82, 2.24) is 4.98 Å². The summed E-state index contributed by atoms with van der Waals surface area (Å²) in [6.45, 7) is 3.84. The molecule has 0 spiro atoms.